The lowest BCUT2D eigenvalue weighted by Gasteiger charge is -2.34. The first-order valence-corrected chi connectivity index (χ1v) is 7.34. The van der Waals surface area contributed by atoms with Crippen molar-refractivity contribution in [2.24, 2.45) is 5.41 Å². The Morgan fingerprint density at radius 3 is 2.70 bits per heavy atom. The second-order valence-corrected chi connectivity index (χ2v) is 6.57. The highest BCUT2D eigenvalue weighted by Crippen LogP contribution is 2.37. The summed E-state index contributed by atoms with van der Waals surface area (Å²) in [6.07, 6.45) is 6.84. The standard InChI is InChI=1S/C17H22N2O/c1-17(2)8-5-13(6-9-17)20-16-7-10-19-15-11-12(18)3-4-14(15)16/h3-4,7,10-11,13H,5-6,8-9,18H2,1-2H3. The second-order valence-electron chi connectivity index (χ2n) is 6.57. The number of fused-ring (bicyclic) bond motifs is 1. The van der Waals surface area contributed by atoms with Gasteiger partial charge in [0.2, 0.25) is 0 Å². The Labute approximate surface area is 120 Å². The molecular formula is C17H22N2O. The molecule has 1 aliphatic rings. The first-order valence-electron chi connectivity index (χ1n) is 7.34. The molecule has 3 nitrogen and oxygen atoms in total. The van der Waals surface area contributed by atoms with Crippen molar-refractivity contribution >= 4 is 16.6 Å². The minimum absolute atomic E-state index is 0.325. The minimum atomic E-state index is 0.325. The van der Waals surface area contributed by atoms with E-state index in [0.717, 1.165) is 35.2 Å². The molecule has 2 aromatic rings. The van der Waals surface area contributed by atoms with E-state index in [4.69, 9.17) is 10.5 Å². The van der Waals surface area contributed by atoms with Crippen LogP contribution in [0, 0.1) is 5.41 Å². The third-order valence-electron chi connectivity index (χ3n) is 4.31. The molecule has 3 rings (SSSR count). The third-order valence-corrected chi connectivity index (χ3v) is 4.31. The van der Waals surface area contributed by atoms with E-state index in [1.807, 2.05) is 24.3 Å². The second kappa shape index (κ2) is 4.97. The number of benzene rings is 1. The first kappa shape index (κ1) is 13.2. The molecular weight excluding hydrogens is 248 g/mol. The van der Waals surface area contributed by atoms with Crippen LogP contribution in [0.25, 0.3) is 10.9 Å². The lowest BCUT2D eigenvalue weighted by molar-refractivity contribution is 0.1000. The van der Waals surface area contributed by atoms with Gasteiger partial charge < -0.3 is 10.5 Å². The number of pyridine rings is 1. The molecule has 0 aliphatic heterocycles. The van der Waals surface area contributed by atoms with E-state index in [-0.39, 0.29) is 0 Å². The van der Waals surface area contributed by atoms with Crippen LogP contribution in [0.3, 0.4) is 0 Å². The normalized spacial score (nSPS) is 19.1. The van der Waals surface area contributed by atoms with Crippen molar-refractivity contribution in [2.75, 3.05) is 5.73 Å². The van der Waals surface area contributed by atoms with Crippen molar-refractivity contribution < 1.29 is 4.74 Å². The average molecular weight is 270 g/mol. The molecule has 1 aromatic heterocycles. The summed E-state index contributed by atoms with van der Waals surface area (Å²) >= 11 is 0. The third kappa shape index (κ3) is 2.72. The Morgan fingerprint density at radius 1 is 1.20 bits per heavy atom. The minimum Gasteiger partial charge on any atom is -0.490 e. The van der Waals surface area contributed by atoms with Crippen molar-refractivity contribution in [3.8, 4) is 5.75 Å². The van der Waals surface area contributed by atoms with Gasteiger partial charge in [-0.25, -0.2) is 0 Å². The van der Waals surface area contributed by atoms with Gasteiger partial charge in [0.1, 0.15) is 5.75 Å². The van der Waals surface area contributed by atoms with Gasteiger partial charge in [0.15, 0.2) is 0 Å². The summed E-state index contributed by atoms with van der Waals surface area (Å²) in [5.74, 6) is 0.930. The van der Waals surface area contributed by atoms with Crippen LogP contribution < -0.4 is 10.5 Å². The number of ether oxygens (including phenoxy) is 1. The van der Waals surface area contributed by atoms with E-state index in [9.17, 15) is 0 Å². The SMILES string of the molecule is CC1(C)CCC(Oc2ccnc3cc(N)ccc23)CC1. The zero-order valence-electron chi connectivity index (χ0n) is 12.2. The Kier molecular flexibility index (Phi) is 3.28. The molecule has 0 spiro atoms. The number of nitrogen functional groups attached to an aromatic ring is 1. The lowest BCUT2D eigenvalue weighted by Crippen LogP contribution is -2.28. The molecule has 3 heteroatoms. The van der Waals surface area contributed by atoms with Gasteiger partial charge in [-0.05, 0) is 55.4 Å². The predicted octanol–water partition coefficient (Wildman–Crippen LogP) is 4.16. The Bertz CT molecular complexity index is 611. The number of hydrogen-bond acceptors (Lipinski definition) is 3. The van der Waals surface area contributed by atoms with Gasteiger partial charge in [0, 0.05) is 17.3 Å². The first-order chi connectivity index (χ1) is 9.53. The summed E-state index contributed by atoms with van der Waals surface area (Å²) in [6, 6.07) is 7.76. The van der Waals surface area contributed by atoms with Crippen molar-refractivity contribution in [1.29, 1.82) is 0 Å². The highest BCUT2D eigenvalue weighted by Gasteiger charge is 2.28. The maximum absolute atomic E-state index is 6.22. The quantitative estimate of drug-likeness (QED) is 0.833. The molecule has 0 unspecified atom stereocenters. The van der Waals surface area contributed by atoms with E-state index in [0.29, 0.717) is 11.5 Å². The Hall–Kier alpha value is -1.77. The molecule has 2 N–H and O–H groups in total. The largest absolute Gasteiger partial charge is 0.490 e. The summed E-state index contributed by atoms with van der Waals surface area (Å²) in [4.78, 5) is 4.36. The highest BCUT2D eigenvalue weighted by atomic mass is 16.5. The Morgan fingerprint density at radius 2 is 1.95 bits per heavy atom. The zero-order chi connectivity index (χ0) is 14.2. The van der Waals surface area contributed by atoms with Crippen molar-refractivity contribution in [3.63, 3.8) is 0 Å². The van der Waals surface area contributed by atoms with Gasteiger partial charge in [-0.3, -0.25) is 4.98 Å². The van der Waals surface area contributed by atoms with Gasteiger partial charge in [-0.15, -0.1) is 0 Å². The van der Waals surface area contributed by atoms with Crippen LogP contribution in [0.1, 0.15) is 39.5 Å². The average Bonchev–Trinajstić information content (AvgIpc) is 2.41. The van der Waals surface area contributed by atoms with E-state index >= 15 is 0 Å². The van der Waals surface area contributed by atoms with Crippen LogP contribution in [0.2, 0.25) is 0 Å². The molecule has 20 heavy (non-hydrogen) atoms. The Balaban J connectivity index is 1.81. The van der Waals surface area contributed by atoms with E-state index in [2.05, 4.69) is 18.8 Å². The molecule has 106 valence electrons. The van der Waals surface area contributed by atoms with Crippen molar-refractivity contribution in [3.05, 3.63) is 30.5 Å². The van der Waals surface area contributed by atoms with Gasteiger partial charge >= 0.3 is 0 Å². The molecule has 0 atom stereocenters. The topological polar surface area (TPSA) is 48.1 Å². The zero-order valence-corrected chi connectivity index (χ0v) is 12.2. The molecule has 1 fully saturated rings. The highest BCUT2D eigenvalue weighted by molar-refractivity contribution is 5.87. The van der Waals surface area contributed by atoms with Crippen LogP contribution in [0.15, 0.2) is 30.5 Å². The van der Waals surface area contributed by atoms with Crippen LogP contribution in [0.4, 0.5) is 5.69 Å². The van der Waals surface area contributed by atoms with E-state index in [1.165, 1.54) is 12.8 Å². The maximum atomic E-state index is 6.22. The van der Waals surface area contributed by atoms with Crippen LogP contribution in [0.5, 0.6) is 5.75 Å². The fourth-order valence-corrected chi connectivity index (χ4v) is 2.91. The van der Waals surface area contributed by atoms with Gasteiger partial charge in [-0.1, -0.05) is 13.8 Å². The smallest absolute Gasteiger partial charge is 0.130 e. The summed E-state index contributed by atoms with van der Waals surface area (Å²) < 4.78 is 6.22. The van der Waals surface area contributed by atoms with Gasteiger partial charge in [-0.2, -0.15) is 0 Å². The lowest BCUT2D eigenvalue weighted by atomic mass is 9.76. The van der Waals surface area contributed by atoms with Gasteiger partial charge in [0.05, 0.1) is 11.6 Å². The van der Waals surface area contributed by atoms with Crippen LogP contribution >= 0.6 is 0 Å². The summed E-state index contributed by atoms with van der Waals surface area (Å²) in [5.41, 5.74) is 7.91. The number of aromatic nitrogens is 1. The summed E-state index contributed by atoms with van der Waals surface area (Å²) in [6.45, 7) is 4.68. The molecule has 0 amide bonds. The molecule has 1 saturated carbocycles. The summed E-state index contributed by atoms with van der Waals surface area (Å²) in [5, 5.41) is 1.05. The number of nitrogens with two attached hydrogens (primary N) is 1. The van der Waals surface area contributed by atoms with Crippen molar-refractivity contribution in [1.82, 2.24) is 4.98 Å². The van der Waals surface area contributed by atoms with Gasteiger partial charge in [0.25, 0.3) is 0 Å². The number of rotatable bonds is 2. The van der Waals surface area contributed by atoms with E-state index < -0.39 is 0 Å². The van der Waals surface area contributed by atoms with Crippen LogP contribution in [-0.2, 0) is 0 Å². The maximum Gasteiger partial charge on any atom is 0.130 e. The predicted molar refractivity (Wildman–Crippen MR) is 82.8 cm³/mol. The molecule has 0 bridgehead atoms. The fourth-order valence-electron chi connectivity index (χ4n) is 2.91. The molecule has 0 saturated heterocycles. The monoisotopic (exact) mass is 270 g/mol. The molecule has 1 aromatic carbocycles. The van der Waals surface area contributed by atoms with E-state index in [1.54, 1.807) is 6.20 Å². The summed E-state index contributed by atoms with van der Waals surface area (Å²) in [7, 11) is 0. The molecule has 0 radical (unpaired) electrons. The van der Waals surface area contributed by atoms with Crippen LogP contribution in [-0.4, -0.2) is 11.1 Å². The molecule has 1 heterocycles. The fraction of sp³-hybridized carbons (Fsp3) is 0.471. The number of nitrogens with zero attached hydrogens (tertiary/aromatic N) is 1. The number of hydrogen-bond donors (Lipinski definition) is 1. The number of anilines is 1. The van der Waals surface area contributed by atoms with Crippen molar-refractivity contribution in [2.45, 2.75) is 45.6 Å². The molecule has 1 aliphatic carbocycles.